The van der Waals surface area contributed by atoms with E-state index in [1.807, 2.05) is 12.1 Å². The molecule has 1 aliphatic rings. The maximum Gasteiger partial charge on any atom is 0.223 e. The van der Waals surface area contributed by atoms with Crippen LogP contribution < -0.4 is 11.1 Å². The molecule has 0 heterocycles. The first kappa shape index (κ1) is 16.6. The molecule has 0 aliphatic heterocycles. The molecule has 2 atom stereocenters. The summed E-state index contributed by atoms with van der Waals surface area (Å²) in [6.07, 6.45) is 2.62. The fourth-order valence-electron chi connectivity index (χ4n) is 2.73. The smallest absolute Gasteiger partial charge is 0.223 e. The Morgan fingerprint density at radius 3 is 2.62 bits per heavy atom. The van der Waals surface area contributed by atoms with Crippen LogP contribution in [0.25, 0.3) is 0 Å². The van der Waals surface area contributed by atoms with E-state index in [0.29, 0.717) is 16.6 Å². The first-order chi connectivity index (χ1) is 9.79. The lowest BCUT2D eigenvalue weighted by atomic mass is 9.84. The first-order valence-corrected chi connectivity index (χ1v) is 8.04. The van der Waals surface area contributed by atoms with Gasteiger partial charge in [0.05, 0.1) is 10.0 Å². The molecule has 1 aromatic rings. The van der Waals surface area contributed by atoms with Crippen molar-refractivity contribution in [3.05, 3.63) is 33.8 Å². The normalized spacial score (nSPS) is 22.3. The molecule has 1 aromatic carbocycles. The topological polar surface area (TPSA) is 55.1 Å². The fourth-order valence-corrected chi connectivity index (χ4v) is 3.02. The highest BCUT2D eigenvalue weighted by molar-refractivity contribution is 6.42. The van der Waals surface area contributed by atoms with Gasteiger partial charge < -0.3 is 11.1 Å². The molecule has 0 radical (unpaired) electrons. The molecule has 0 saturated heterocycles. The second-order valence-corrected chi connectivity index (χ2v) is 7.32. The number of carbonyl (C=O) groups is 1. The molecule has 0 spiro atoms. The van der Waals surface area contributed by atoms with Crippen LogP contribution in [0.15, 0.2) is 18.2 Å². The third-order valence-electron chi connectivity index (χ3n) is 4.25. The summed E-state index contributed by atoms with van der Waals surface area (Å²) >= 11 is 12.0. The monoisotopic (exact) mass is 328 g/mol. The van der Waals surface area contributed by atoms with E-state index < -0.39 is 0 Å². The third-order valence-corrected chi connectivity index (χ3v) is 4.99. The van der Waals surface area contributed by atoms with Gasteiger partial charge in [0.1, 0.15) is 0 Å². The molecule has 5 heteroatoms. The summed E-state index contributed by atoms with van der Waals surface area (Å²) in [4.78, 5) is 12.2. The molecule has 1 aliphatic carbocycles. The maximum absolute atomic E-state index is 12.2. The largest absolute Gasteiger partial charge is 0.355 e. The van der Waals surface area contributed by atoms with Crippen molar-refractivity contribution in [2.75, 3.05) is 6.54 Å². The summed E-state index contributed by atoms with van der Waals surface area (Å²) in [5.74, 6) is 0.167. The van der Waals surface area contributed by atoms with Gasteiger partial charge in [-0.2, -0.15) is 0 Å². The van der Waals surface area contributed by atoms with Crippen LogP contribution in [-0.2, 0) is 10.2 Å². The number of nitrogens with one attached hydrogen (secondary N) is 1. The van der Waals surface area contributed by atoms with Gasteiger partial charge in [0.25, 0.3) is 0 Å². The number of amides is 1. The molecular weight excluding hydrogens is 307 g/mol. The minimum Gasteiger partial charge on any atom is -0.355 e. The third kappa shape index (κ3) is 4.12. The van der Waals surface area contributed by atoms with E-state index in [2.05, 4.69) is 19.2 Å². The SMILES string of the molecule is CC(C)(CNC(=O)C1CCC(N)C1)c1ccc(Cl)c(Cl)c1. The summed E-state index contributed by atoms with van der Waals surface area (Å²) in [6.45, 7) is 4.72. The lowest BCUT2D eigenvalue weighted by Crippen LogP contribution is -2.39. The minimum atomic E-state index is -0.204. The maximum atomic E-state index is 12.2. The van der Waals surface area contributed by atoms with E-state index >= 15 is 0 Å². The van der Waals surface area contributed by atoms with E-state index in [-0.39, 0.29) is 23.3 Å². The zero-order valence-electron chi connectivity index (χ0n) is 12.5. The van der Waals surface area contributed by atoms with E-state index in [4.69, 9.17) is 28.9 Å². The second-order valence-electron chi connectivity index (χ2n) is 6.50. The standard InChI is InChI=1S/C16H22Cl2N2O/c1-16(2,11-4-6-13(17)14(18)8-11)9-20-15(21)10-3-5-12(19)7-10/h4,6,8,10,12H,3,5,7,9,19H2,1-2H3,(H,20,21). The highest BCUT2D eigenvalue weighted by Crippen LogP contribution is 2.30. The van der Waals surface area contributed by atoms with Crippen molar-refractivity contribution in [1.29, 1.82) is 0 Å². The Labute approximate surface area is 136 Å². The molecule has 1 saturated carbocycles. The van der Waals surface area contributed by atoms with Gasteiger partial charge in [-0.3, -0.25) is 4.79 Å². The zero-order valence-corrected chi connectivity index (χ0v) is 14.0. The Balaban J connectivity index is 1.97. The number of hydrogen-bond acceptors (Lipinski definition) is 2. The number of hydrogen-bond donors (Lipinski definition) is 2. The quantitative estimate of drug-likeness (QED) is 0.888. The molecule has 0 bridgehead atoms. The predicted molar refractivity (Wildman–Crippen MR) is 87.8 cm³/mol. The summed E-state index contributed by atoms with van der Waals surface area (Å²) in [6, 6.07) is 5.77. The van der Waals surface area contributed by atoms with Crippen LogP contribution in [0.5, 0.6) is 0 Å². The van der Waals surface area contributed by atoms with Crippen molar-refractivity contribution in [2.45, 2.75) is 44.6 Å². The van der Waals surface area contributed by atoms with Gasteiger partial charge in [0.15, 0.2) is 0 Å². The molecule has 3 N–H and O–H groups in total. The Morgan fingerprint density at radius 2 is 2.05 bits per heavy atom. The van der Waals surface area contributed by atoms with E-state index in [0.717, 1.165) is 24.8 Å². The molecule has 2 rings (SSSR count). The van der Waals surface area contributed by atoms with Crippen LogP contribution in [-0.4, -0.2) is 18.5 Å². The van der Waals surface area contributed by atoms with E-state index in [1.165, 1.54) is 0 Å². The van der Waals surface area contributed by atoms with Gasteiger partial charge in [-0.25, -0.2) is 0 Å². The molecule has 1 amide bonds. The number of rotatable bonds is 4. The summed E-state index contributed by atoms with van der Waals surface area (Å²) in [5, 5.41) is 4.13. The number of halogens is 2. The molecule has 21 heavy (non-hydrogen) atoms. The van der Waals surface area contributed by atoms with Crippen LogP contribution >= 0.6 is 23.2 Å². The van der Waals surface area contributed by atoms with Gasteiger partial charge in [-0.05, 0) is 37.0 Å². The van der Waals surface area contributed by atoms with Gasteiger partial charge in [0.2, 0.25) is 5.91 Å². The van der Waals surface area contributed by atoms with Crippen molar-refractivity contribution in [1.82, 2.24) is 5.32 Å². The summed E-state index contributed by atoms with van der Waals surface area (Å²) < 4.78 is 0. The highest BCUT2D eigenvalue weighted by atomic mass is 35.5. The molecular formula is C16H22Cl2N2O. The molecule has 116 valence electrons. The van der Waals surface area contributed by atoms with Crippen molar-refractivity contribution >= 4 is 29.1 Å². The number of carbonyl (C=O) groups excluding carboxylic acids is 1. The van der Waals surface area contributed by atoms with Crippen LogP contribution in [0, 0.1) is 5.92 Å². The van der Waals surface area contributed by atoms with Crippen molar-refractivity contribution in [3.63, 3.8) is 0 Å². The average Bonchev–Trinajstić information content (AvgIpc) is 2.86. The zero-order chi connectivity index (χ0) is 15.6. The van der Waals surface area contributed by atoms with E-state index in [1.54, 1.807) is 6.07 Å². The van der Waals surface area contributed by atoms with Crippen LogP contribution in [0.4, 0.5) is 0 Å². The Kier molecular flexibility index (Phi) is 5.18. The molecule has 2 unspecified atom stereocenters. The molecule has 1 fully saturated rings. The Hall–Kier alpha value is -0.770. The van der Waals surface area contributed by atoms with Crippen molar-refractivity contribution in [2.24, 2.45) is 11.7 Å². The number of nitrogens with two attached hydrogens (primary N) is 1. The van der Waals surface area contributed by atoms with Crippen LogP contribution in [0.2, 0.25) is 10.0 Å². The van der Waals surface area contributed by atoms with Crippen LogP contribution in [0.3, 0.4) is 0 Å². The van der Waals surface area contributed by atoms with Gasteiger partial charge in [0, 0.05) is 23.9 Å². The minimum absolute atomic E-state index is 0.0598. The summed E-state index contributed by atoms with van der Waals surface area (Å²) in [7, 11) is 0. The average molecular weight is 329 g/mol. The highest BCUT2D eigenvalue weighted by Gasteiger charge is 2.29. The number of benzene rings is 1. The fraction of sp³-hybridized carbons (Fsp3) is 0.562. The van der Waals surface area contributed by atoms with Crippen molar-refractivity contribution < 1.29 is 4.79 Å². The van der Waals surface area contributed by atoms with Crippen molar-refractivity contribution in [3.8, 4) is 0 Å². The molecule has 0 aromatic heterocycles. The molecule has 3 nitrogen and oxygen atoms in total. The lowest BCUT2D eigenvalue weighted by molar-refractivity contribution is -0.125. The van der Waals surface area contributed by atoms with Gasteiger partial charge >= 0.3 is 0 Å². The predicted octanol–water partition coefficient (Wildman–Crippen LogP) is 3.51. The lowest BCUT2D eigenvalue weighted by Gasteiger charge is -2.27. The summed E-state index contributed by atoms with van der Waals surface area (Å²) in [5.41, 5.74) is 6.71. The Bertz CT molecular complexity index is 531. The first-order valence-electron chi connectivity index (χ1n) is 7.28. The second kappa shape index (κ2) is 6.55. The van der Waals surface area contributed by atoms with Gasteiger partial charge in [-0.1, -0.05) is 43.1 Å². The van der Waals surface area contributed by atoms with E-state index in [9.17, 15) is 4.79 Å². The Morgan fingerprint density at radius 1 is 1.33 bits per heavy atom. The van der Waals surface area contributed by atoms with Gasteiger partial charge in [-0.15, -0.1) is 0 Å². The van der Waals surface area contributed by atoms with Crippen LogP contribution in [0.1, 0.15) is 38.7 Å².